The highest BCUT2D eigenvalue weighted by Gasteiger charge is 2.22. The van der Waals surface area contributed by atoms with Crippen molar-refractivity contribution in [1.29, 1.82) is 0 Å². The SMILES string of the molecule is CC(CN1CCNc2cc(C(=O)O)ccc21)C(=O)O. The third-order valence-electron chi connectivity index (χ3n) is 3.20. The molecule has 1 heterocycles. The Morgan fingerprint density at radius 2 is 2.16 bits per heavy atom. The lowest BCUT2D eigenvalue weighted by Gasteiger charge is -2.33. The predicted molar refractivity (Wildman–Crippen MR) is 70.9 cm³/mol. The maximum Gasteiger partial charge on any atom is 0.335 e. The molecule has 0 saturated heterocycles. The van der Waals surface area contributed by atoms with Crippen molar-refractivity contribution in [1.82, 2.24) is 0 Å². The molecule has 0 saturated carbocycles. The second-order valence-corrected chi connectivity index (χ2v) is 4.65. The zero-order valence-corrected chi connectivity index (χ0v) is 10.6. The third-order valence-corrected chi connectivity index (χ3v) is 3.20. The van der Waals surface area contributed by atoms with Crippen molar-refractivity contribution in [2.75, 3.05) is 29.9 Å². The molecular formula is C13H16N2O4. The molecule has 0 spiro atoms. The Labute approximate surface area is 110 Å². The summed E-state index contributed by atoms with van der Waals surface area (Å²) in [6.45, 7) is 3.45. The second-order valence-electron chi connectivity index (χ2n) is 4.65. The van der Waals surface area contributed by atoms with E-state index >= 15 is 0 Å². The predicted octanol–water partition coefficient (Wildman–Crippen LogP) is 1.34. The fraction of sp³-hybridized carbons (Fsp3) is 0.385. The molecular weight excluding hydrogens is 248 g/mol. The van der Waals surface area contributed by atoms with Gasteiger partial charge in [0.1, 0.15) is 0 Å². The fourth-order valence-corrected chi connectivity index (χ4v) is 2.13. The highest BCUT2D eigenvalue weighted by atomic mass is 16.4. The third kappa shape index (κ3) is 2.78. The van der Waals surface area contributed by atoms with E-state index in [2.05, 4.69) is 5.32 Å². The number of hydrogen-bond donors (Lipinski definition) is 3. The first-order valence-electron chi connectivity index (χ1n) is 6.08. The Morgan fingerprint density at radius 3 is 2.79 bits per heavy atom. The molecule has 1 unspecified atom stereocenters. The van der Waals surface area contributed by atoms with Gasteiger partial charge in [-0.1, -0.05) is 6.92 Å². The van der Waals surface area contributed by atoms with Gasteiger partial charge in [0.2, 0.25) is 0 Å². The minimum absolute atomic E-state index is 0.222. The van der Waals surface area contributed by atoms with Gasteiger partial charge in [0.15, 0.2) is 0 Å². The molecule has 0 radical (unpaired) electrons. The Kier molecular flexibility index (Phi) is 3.59. The monoisotopic (exact) mass is 264 g/mol. The largest absolute Gasteiger partial charge is 0.481 e. The smallest absolute Gasteiger partial charge is 0.335 e. The number of rotatable bonds is 4. The molecule has 0 fully saturated rings. The summed E-state index contributed by atoms with van der Waals surface area (Å²) in [6.07, 6.45) is 0. The van der Waals surface area contributed by atoms with Gasteiger partial charge in [0, 0.05) is 19.6 Å². The average molecular weight is 264 g/mol. The number of carboxylic acids is 2. The Hall–Kier alpha value is -2.24. The summed E-state index contributed by atoms with van der Waals surface area (Å²) in [5.41, 5.74) is 1.81. The van der Waals surface area contributed by atoms with Crippen LogP contribution in [0.15, 0.2) is 18.2 Å². The van der Waals surface area contributed by atoms with Crippen LogP contribution in [0.5, 0.6) is 0 Å². The molecule has 3 N–H and O–H groups in total. The van der Waals surface area contributed by atoms with E-state index in [-0.39, 0.29) is 5.56 Å². The Morgan fingerprint density at radius 1 is 1.42 bits per heavy atom. The Balaban J connectivity index is 2.24. The van der Waals surface area contributed by atoms with E-state index < -0.39 is 17.9 Å². The molecule has 2 rings (SSSR count). The van der Waals surface area contributed by atoms with Gasteiger partial charge in [0.05, 0.1) is 22.9 Å². The zero-order valence-electron chi connectivity index (χ0n) is 10.6. The van der Waals surface area contributed by atoms with E-state index in [4.69, 9.17) is 10.2 Å². The van der Waals surface area contributed by atoms with Gasteiger partial charge < -0.3 is 20.4 Å². The van der Waals surface area contributed by atoms with E-state index in [9.17, 15) is 9.59 Å². The van der Waals surface area contributed by atoms with E-state index in [0.29, 0.717) is 19.6 Å². The van der Waals surface area contributed by atoms with Crippen LogP contribution in [0, 0.1) is 5.92 Å². The first-order valence-corrected chi connectivity index (χ1v) is 6.08. The van der Waals surface area contributed by atoms with E-state index in [1.807, 2.05) is 4.90 Å². The van der Waals surface area contributed by atoms with Crippen LogP contribution in [0.2, 0.25) is 0 Å². The number of nitrogens with zero attached hydrogens (tertiary/aromatic N) is 1. The van der Waals surface area contributed by atoms with Gasteiger partial charge in [-0.2, -0.15) is 0 Å². The number of aromatic carboxylic acids is 1. The number of nitrogens with one attached hydrogen (secondary N) is 1. The number of benzene rings is 1. The topological polar surface area (TPSA) is 89.9 Å². The summed E-state index contributed by atoms with van der Waals surface area (Å²) >= 11 is 0. The number of fused-ring (bicyclic) bond motifs is 1. The molecule has 1 atom stereocenters. The van der Waals surface area contributed by atoms with Gasteiger partial charge in [-0.15, -0.1) is 0 Å². The molecule has 1 aliphatic rings. The number of carbonyl (C=O) groups is 2. The van der Waals surface area contributed by atoms with Crippen LogP contribution >= 0.6 is 0 Å². The lowest BCUT2D eigenvalue weighted by Crippen LogP contribution is -2.38. The van der Waals surface area contributed by atoms with Gasteiger partial charge in [-0.05, 0) is 18.2 Å². The van der Waals surface area contributed by atoms with Crippen LogP contribution in [-0.2, 0) is 4.79 Å². The molecule has 0 bridgehead atoms. The van der Waals surface area contributed by atoms with Gasteiger partial charge >= 0.3 is 11.9 Å². The summed E-state index contributed by atoms with van der Waals surface area (Å²) in [6, 6.07) is 4.83. The molecule has 0 aromatic heterocycles. The summed E-state index contributed by atoms with van der Waals surface area (Å²) in [5, 5.41) is 21.0. The zero-order chi connectivity index (χ0) is 14.0. The molecule has 102 valence electrons. The van der Waals surface area contributed by atoms with Crippen molar-refractivity contribution in [3.63, 3.8) is 0 Å². The quantitative estimate of drug-likeness (QED) is 0.760. The van der Waals surface area contributed by atoms with Crippen LogP contribution in [0.25, 0.3) is 0 Å². The van der Waals surface area contributed by atoms with Crippen molar-refractivity contribution < 1.29 is 19.8 Å². The van der Waals surface area contributed by atoms with Crippen molar-refractivity contribution in [2.24, 2.45) is 5.92 Å². The van der Waals surface area contributed by atoms with Crippen molar-refractivity contribution in [3.8, 4) is 0 Å². The van der Waals surface area contributed by atoms with Crippen LogP contribution in [0.1, 0.15) is 17.3 Å². The van der Waals surface area contributed by atoms with Crippen LogP contribution in [0.4, 0.5) is 11.4 Å². The van der Waals surface area contributed by atoms with Gasteiger partial charge in [-0.25, -0.2) is 4.79 Å². The Bertz CT molecular complexity index is 515. The summed E-state index contributed by atoms with van der Waals surface area (Å²) < 4.78 is 0. The fourth-order valence-electron chi connectivity index (χ4n) is 2.13. The van der Waals surface area contributed by atoms with Crippen LogP contribution < -0.4 is 10.2 Å². The van der Waals surface area contributed by atoms with Crippen LogP contribution in [0.3, 0.4) is 0 Å². The molecule has 1 aromatic carbocycles. The molecule has 19 heavy (non-hydrogen) atoms. The number of hydrogen-bond acceptors (Lipinski definition) is 4. The standard InChI is InChI=1S/C13H16N2O4/c1-8(12(16)17)7-15-5-4-14-10-6-9(13(18)19)2-3-11(10)15/h2-3,6,8,14H,4-5,7H2,1H3,(H,16,17)(H,18,19). The molecule has 6 heteroatoms. The highest BCUT2D eigenvalue weighted by molar-refractivity contribution is 5.91. The van der Waals surface area contributed by atoms with Crippen molar-refractivity contribution in [2.45, 2.75) is 6.92 Å². The van der Waals surface area contributed by atoms with Crippen molar-refractivity contribution >= 4 is 23.3 Å². The van der Waals surface area contributed by atoms with Crippen molar-refractivity contribution in [3.05, 3.63) is 23.8 Å². The number of aliphatic carboxylic acids is 1. The van der Waals surface area contributed by atoms with Gasteiger partial charge in [-0.3, -0.25) is 4.79 Å². The van der Waals surface area contributed by atoms with E-state index in [1.165, 1.54) is 6.07 Å². The minimum atomic E-state index is -0.972. The van der Waals surface area contributed by atoms with E-state index in [0.717, 1.165) is 11.4 Å². The number of carboxylic acid groups (broad SMARTS) is 2. The first kappa shape index (κ1) is 13.2. The molecule has 6 nitrogen and oxygen atoms in total. The maximum absolute atomic E-state index is 10.9. The average Bonchev–Trinajstić information content (AvgIpc) is 2.38. The van der Waals surface area contributed by atoms with Crippen LogP contribution in [-0.4, -0.2) is 41.8 Å². The lowest BCUT2D eigenvalue weighted by molar-refractivity contribution is -0.140. The maximum atomic E-state index is 10.9. The molecule has 0 aliphatic carbocycles. The lowest BCUT2D eigenvalue weighted by atomic mass is 10.1. The summed E-state index contributed by atoms with van der Waals surface area (Å²) in [5.74, 6) is -2.27. The molecule has 1 aromatic rings. The normalized spacial score (nSPS) is 15.3. The molecule has 0 amide bonds. The summed E-state index contributed by atoms with van der Waals surface area (Å²) in [7, 11) is 0. The second kappa shape index (κ2) is 5.17. The number of anilines is 2. The molecule has 1 aliphatic heterocycles. The van der Waals surface area contributed by atoms with Gasteiger partial charge in [0.25, 0.3) is 0 Å². The first-order chi connectivity index (χ1) is 8.99. The van der Waals surface area contributed by atoms with E-state index in [1.54, 1.807) is 19.1 Å². The highest BCUT2D eigenvalue weighted by Crippen LogP contribution is 2.30. The summed E-state index contributed by atoms with van der Waals surface area (Å²) in [4.78, 5) is 23.8. The minimum Gasteiger partial charge on any atom is -0.481 e.